The molecule has 0 aliphatic heterocycles. The number of nitro groups is 1. The summed E-state index contributed by atoms with van der Waals surface area (Å²) < 4.78 is 47.5. The molecule has 0 aliphatic rings. The predicted octanol–water partition coefficient (Wildman–Crippen LogP) is 3.85. The normalized spacial score (nSPS) is 12.3. The third-order valence-corrected chi connectivity index (χ3v) is 3.22. The minimum Gasteiger partial charge on any atom is -0.465 e. The summed E-state index contributed by atoms with van der Waals surface area (Å²) in [5, 5.41) is 11.2. The Labute approximate surface area is 139 Å². The molecule has 2 rings (SSSR count). The molecular weight excluding hydrogens is 343 g/mol. The van der Waals surface area contributed by atoms with E-state index in [0.29, 0.717) is 0 Å². The number of carbonyl (C=O) groups is 1. The Hall–Kier alpha value is -3.10. The number of esters is 1. The third-order valence-electron chi connectivity index (χ3n) is 3.22. The molecule has 0 saturated carbocycles. The molecule has 0 aliphatic carbocycles. The Morgan fingerprint density at radius 3 is 2.32 bits per heavy atom. The maximum absolute atomic E-state index is 12.6. The van der Waals surface area contributed by atoms with E-state index in [-0.39, 0.29) is 16.9 Å². The smallest absolute Gasteiger partial charge is 0.416 e. The van der Waals surface area contributed by atoms with E-state index in [1.54, 1.807) is 0 Å². The van der Waals surface area contributed by atoms with Crippen LogP contribution in [0.25, 0.3) is 0 Å². The zero-order valence-electron chi connectivity index (χ0n) is 12.8. The molecule has 6 nitrogen and oxygen atoms in total. The molecule has 2 aromatic carbocycles. The van der Waals surface area contributed by atoms with Crippen molar-refractivity contribution in [1.29, 1.82) is 0 Å². The van der Waals surface area contributed by atoms with E-state index in [1.165, 1.54) is 31.4 Å². The van der Waals surface area contributed by atoms with Gasteiger partial charge in [-0.15, -0.1) is 0 Å². The number of halogens is 3. The van der Waals surface area contributed by atoms with Gasteiger partial charge in [-0.3, -0.25) is 10.1 Å². The van der Waals surface area contributed by atoms with Crippen LogP contribution in [-0.4, -0.2) is 18.0 Å². The number of rotatable bonds is 5. The molecule has 1 atom stereocenters. The van der Waals surface area contributed by atoms with E-state index < -0.39 is 28.9 Å². The molecule has 0 N–H and O–H groups in total. The van der Waals surface area contributed by atoms with Crippen molar-refractivity contribution in [2.24, 2.45) is 0 Å². The highest BCUT2D eigenvalue weighted by Gasteiger charge is 2.32. The van der Waals surface area contributed by atoms with Crippen molar-refractivity contribution in [3.8, 4) is 5.75 Å². The van der Waals surface area contributed by atoms with Gasteiger partial charge in [0.25, 0.3) is 0 Å². The molecule has 132 valence electrons. The topological polar surface area (TPSA) is 78.7 Å². The molecular formula is C16H12F3NO5. The molecule has 0 aromatic heterocycles. The van der Waals surface area contributed by atoms with Crippen molar-refractivity contribution in [2.45, 2.75) is 12.4 Å². The van der Waals surface area contributed by atoms with Gasteiger partial charge in [-0.05, 0) is 42.5 Å². The van der Waals surface area contributed by atoms with Crippen LogP contribution in [-0.2, 0) is 10.9 Å². The van der Waals surface area contributed by atoms with Crippen molar-refractivity contribution < 1.29 is 32.4 Å². The summed E-state index contributed by atoms with van der Waals surface area (Å²) >= 11 is 0. The van der Waals surface area contributed by atoms with Crippen LogP contribution >= 0.6 is 0 Å². The van der Waals surface area contributed by atoms with Crippen LogP contribution in [0.15, 0.2) is 48.5 Å². The van der Waals surface area contributed by atoms with Gasteiger partial charge in [0.15, 0.2) is 0 Å². The minimum atomic E-state index is -4.54. The zero-order valence-corrected chi connectivity index (χ0v) is 12.8. The fourth-order valence-electron chi connectivity index (χ4n) is 2.01. The maximum atomic E-state index is 12.6. The van der Waals surface area contributed by atoms with Gasteiger partial charge in [-0.2, -0.15) is 13.2 Å². The first-order valence-corrected chi connectivity index (χ1v) is 6.88. The van der Waals surface area contributed by atoms with Crippen molar-refractivity contribution in [3.63, 3.8) is 0 Å². The average molecular weight is 355 g/mol. The van der Waals surface area contributed by atoms with Gasteiger partial charge in [0.2, 0.25) is 0 Å². The summed E-state index contributed by atoms with van der Waals surface area (Å²) in [6.45, 7) is 0. The van der Waals surface area contributed by atoms with Gasteiger partial charge in [0.1, 0.15) is 5.75 Å². The lowest BCUT2D eigenvalue weighted by molar-refractivity contribution is -0.570. The van der Waals surface area contributed by atoms with Crippen LogP contribution in [0.3, 0.4) is 0 Å². The Kier molecular flexibility index (Phi) is 5.26. The van der Waals surface area contributed by atoms with Crippen molar-refractivity contribution in [3.05, 3.63) is 75.3 Å². The first-order chi connectivity index (χ1) is 11.7. The van der Waals surface area contributed by atoms with Crippen LogP contribution in [0, 0.1) is 10.1 Å². The number of carbonyl (C=O) groups excluding carboxylic acids is 1. The highest BCUT2D eigenvalue weighted by molar-refractivity contribution is 5.89. The lowest BCUT2D eigenvalue weighted by Crippen LogP contribution is -2.18. The number of methoxy groups -OCH3 is 1. The maximum Gasteiger partial charge on any atom is 0.416 e. The Morgan fingerprint density at radius 1 is 1.16 bits per heavy atom. The predicted molar refractivity (Wildman–Crippen MR) is 79.6 cm³/mol. The highest BCUT2D eigenvalue weighted by Crippen LogP contribution is 2.31. The fourth-order valence-corrected chi connectivity index (χ4v) is 2.01. The fraction of sp³-hybridized carbons (Fsp3) is 0.188. The van der Waals surface area contributed by atoms with Crippen LogP contribution in [0.1, 0.15) is 27.7 Å². The molecule has 0 fully saturated rings. The number of hydrogen-bond acceptors (Lipinski definition) is 5. The largest absolute Gasteiger partial charge is 0.465 e. The summed E-state index contributed by atoms with van der Waals surface area (Å²) in [5.74, 6) is -0.651. The summed E-state index contributed by atoms with van der Waals surface area (Å²) in [5.41, 5.74) is -0.873. The molecule has 0 saturated heterocycles. The first-order valence-electron chi connectivity index (χ1n) is 6.88. The van der Waals surface area contributed by atoms with Crippen LogP contribution < -0.4 is 4.74 Å². The van der Waals surface area contributed by atoms with Gasteiger partial charge < -0.3 is 9.47 Å². The highest BCUT2D eigenvalue weighted by atomic mass is 19.4. The average Bonchev–Trinajstić information content (AvgIpc) is 2.58. The van der Waals surface area contributed by atoms with E-state index in [0.717, 1.165) is 24.3 Å². The quantitative estimate of drug-likeness (QED) is 0.352. The van der Waals surface area contributed by atoms with E-state index in [1.807, 2.05) is 0 Å². The standard InChI is InChI=1S/C16H12F3NO5/c1-24-15(21)11-3-2-4-13(9-11)25-14(20(22)23)10-5-7-12(8-6-10)16(17,18)19/h2-9,14H,1H3. The first kappa shape index (κ1) is 18.2. The minimum absolute atomic E-state index is 0.00416. The van der Waals surface area contributed by atoms with E-state index in [2.05, 4.69) is 4.74 Å². The van der Waals surface area contributed by atoms with Crippen molar-refractivity contribution >= 4 is 5.97 Å². The Balaban J connectivity index is 2.28. The van der Waals surface area contributed by atoms with Crippen molar-refractivity contribution in [1.82, 2.24) is 0 Å². The Morgan fingerprint density at radius 2 is 1.80 bits per heavy atom. The molecule has 0 spiro atoms. The number of hydrogen-bond donors (Lipinski definition) is 0. The van der Waals surface area contributed by atoms with Crippen molar-refractivity contribution in [2.75, 3.05) is 7.11 Å². The second-order valence-corrected chi connectivity index (χ2v) is 4.89. The number of nitrogens with zero attached hydrogens (tertiary/aromatic N) is 1. The van der Waals surface area contributed by atoms with Gasteiger partial charge in [0, 0.05) is 0 Å². The third kappa shape index (κ3) is 4.46. The van der Waals surface area contributed by atoms with Crippen LogP contribution in [0.4, 0.5) is 13.2 Å². The van der Waals surface area contributed by atoms with Gasteiger partial charge in [0.05, 0.1) is 28.7 Å². The lowest BCUT2D eigenvalue weighted by Gasteiger charge is -2.14. The second-order valence-electron chi connectivity index (χ2n) is 4.89. The summed E-state index contributed by atoms with van der Waals surface area (Å²) in [6, 6.07) is 8.91. The van der Waals surface area contributed by atoms with Gasteiger partial charge >= 0.3 is 18.4 Å². The SMILES string of the molecule is COC(=O)c1cccc(OC(c2ccc(C(F)(F)F)cc2)[N+](=O)[O-])c1. The molecule has 0 radical (unpaired) electrons. The molecule has 0 bridgehead atoms. The molecule has 0 heterocycles. The van der Waals surface area contributed by atoms with Gasteiger partial charge in [-0.25, -0.2) is 4.79 Å². The van der Waals surface area contributed by atoms with Gasteiger partial charge in [-0.1, -0.05) is 6.07 Å². The molecule has 0 amide bonds. The molecule has 25 heavy (non-hydrogen) atoms. The molecule has 2 aromatic rings. The molecule has 1 unspecified atom stereocenters. The van der Waals surface area contributed by atoms with E-state index >= 15 is 0 Å². The number of alkyl halides is 3. The molecule has 9 heteroatoms. The number of benzene rings is 2. The summed E-state index contributed by atoms with van der Waals surface area (Å²) in [7, 11) is 1.18. The second kappa shape index (κ2) is 7.20. The Bertz CT molecular complexity index is 774. The lowest BCUT2D eigenvalue weighted by atomic mass is 10.1. The van der Waals surface area contributed by atoms with Crippen LogP contribution in [0.2, 0.25) is 0 Å². The summed E-state index contributed by atoms with van der Waals surface area (Å²) in [4.78, 5) is 21.9. The summed E-state index contributed by atoms with van der Waals surface area (Å²) in [6.07, 6.45) is -6.27. The van der Waals surface area contributed by atoms with Crippen LogP contribution in [0.5, 0.6) is 5.75 Å². The van der Waals surface area contributed by atoms with E-state index in [4.69, 9.17) is 4.74 Å². The van der Waals surface area contributed by atoms with E-state index in [9.17, 15) is 28.1 Å². The monoisotopic (exact) mass is 355 g/mol. The number of ether oxygens (including phenoxy) is 2. The zero-order chi connectivity index (χ0) is 18.6.